The molecule has 3 heteroatoms. The molecule has 0 atom stereocenters. The predicted molar refractivity (Wildman–Crippen MR) is 335 cm³/mol. The summed E-state index contributed by atoms with van der Waals surface area (Å²) >= 11 is 0. The lowest BCUT2D eigenvalue weighted by Crippen LogP contribution is -2.63. The van der Waals surface area contributed by atoms with Crippen molar-refractivity contribution >= 4 is 89.5 Å². The molecule has 0 bridgehead atoms. The Labute approximate surface area is 456 Å². The average Bonchev–Trinajstić information content (AvgIpc) is 3.53. The maximum absolute atomic E-state index is 2.69. The molecule has 2 heterocycles. The lowest BCUT2D eigenvalue weighted by atomic mass is 9.32. The SMILES string of the molecule is CCC(C)(C)c1ccc2c(c1)B1c3c(cccc3N2c2ccc(C(C)(C)C)cc2-c2ccc3c4ccccc4c4ccccc4c3c2)N(c2cc(C(C)(C)C)cc(C(C)(C)C)c2)c2cc(C(C)(C)C)cc(C(C)(C)C)c21. The van der Waals surface area contributed by atoms with Gasteiger partial charge in [-0.05, 0) is 181 Å². The highest BCUT2D eigenvalue weighted by Gasteiger charge is 2.47. The number of hydrogen-bond donors (Lipinski definition) is 0. The zero-order chi connectivity index (χ0) is 54.4. The molecule has 2 aliphatic rings. The van der Waals surface area contributed by atoms with Crippen LogP contribution in [0.5, 0.6) is 0 Å². The molecule has 2 aliphatic heterocycles. The first-order valence-corrected chi connectivity index (χ1v) is 28.3. The lowest BCUT2D eigenvalue weighted by molar-refractivity contribution is 0.506. The molecule has 0 aliphatic carbocycles. The summed E-state index contributed by atoms with van der Waals surface area (Å²) in [6.45, 7) is 42.9. The van der Waals surface area contributed by atoms with Crippen molar-refractivity contribution in [3.63, 3.8) is 0 Å². The summed E-state index contributed by atoms with van der Waals surface area (Å²) in [5, 5.41) is 7.74. The minimum atomic E-state index is -0.160. The van der Waals surface area contributed by atoms with E-state index in [1.807, 2.05) is 0 Å². The molecule has 9 aromatic rings. The summed E-state index contributed by atoms with van der Waals surface area (Å²) in [6, 6.07) is 59.9. The van der Waals surface area contributed by atoms with Gasteiger partial charge in [-0.2, -0.15) is 0 Å². The molecule has 0 fully saturated rings. The standard InChI is InChI=1S/C73H81BN2/c1-19-73(17,18)47-33-36-62-60(43-47)74-66-59(72(14,15)16)42-50(71(11,12)13)44-65(66)75(51-39-48(69(5,6)7)38-49(40-51)70(8,9)10)63-29-24-30-64(67(63)74)76(62)61-35-32-46(68(2,3)4)41-57(61)45-31-34-56-54-27-21-20-25-52(54)53-26-22-23-28-55(53)58(56)37-45/h20-44H,19H2,1-18H3. The molecule has 0 spiro atoms. The first-order chi connectivity index (χ1) is 35.6. The molecule has 11 rings (SSSR count). The molecular weight excluding hydrogens is 916 g/mol. The van der Waals surface area contributed by atoms with Gasteiger partial charge in [-0.25, -0.2) is 0 Å². The zero-order valence-corrected chi connectivity index (χ0v) is 49.1. The second-order valence-corrected chi connectivity index (χ2v) is 28.4. The number of benzene rings is 9. The van der Waals surface area contributed by atoms with Crippen LogP contribution in [0.15, 0.2) is 152 Å². The molecule has 0 unspecified atom stereocenters. The van der Waals surface area contributed by atoms with Gasteiger partial charge in [-0.3, -0.25) is 0 Å². The van der Waals surface area contributed by atoms with Crippen molar-refractivity contribution in [3.05, 3.63) is 185 Å². The fourth-order valence-electron chi connectivity index (χ4n) is 12.4. The Morgan fingerprint density at radius 3 is 1.38 bits per heavy atom. The Morgan fingerprint density at radius 2 is 0.842 bits per heavy atom. The van der Waals surface area contributed by atoms with Crippen LogP contribution >= 0.6 is 0 Å². The van der Waals surface area contributed by atoms with Gasteiger partial charge in [-0.15, -0.1) is 0 Å². The summed E-state index contributed by atoms with van der Waals surface area (Å²) in [6.07, 6.45) is 1.04. The van der Waals surface area contributed by atoms with Gasteiger partial charge in [0.05, 0.1) is 5.69 Å². The van der Waals surface area contributed by atoms with Crippen molar-refractivity contribution in [3.8, 4) is 11.1 Å². The van der Waals surface area contributed by atoms with Crippen LogP contribution in [0.4, 0.5) is 34.1 Å². The molecule has 0 N–H and O–H groups in total. The largest absolute Gasteiger partial charge is 0.311 e. The minimum Gasteiger partial charge on any atom is -0.311 e. The van der Waals surface area contributed by atoms with Gasteiger partial charge in [0, 0.05) is 34.0 Å². The Bertz CT molecular complexity index is 3750. The van der Waals surface area contributed by atoms with Gasteiger partial charge < -0.3 is 9.80 Å². The van der Waals surface area contributed by atoms with Crippen LogP contribution in [-0.2, 0) is 32.5 Å². The van der Waals surface area contributed by atoms with E-state index in [2.05, 4.69) is 286 Å². The van der Waals surface area contributed by atoms with E-state index in [4.69, 9.17) is 0 Å². The van der Waals surface area contributed by atoms with Crippen LogP contribution in [0.1, 0.15) is 164 Å². The molecule has 0 saturated heterocycles. The maximum atomic E-state index is 2.69. The number of anilines is 6. The van der Waals surface area contributed by atoms with E-state index in [-0.39, 0.29) is 39.2 Å². The highest BCUT2D eigenvalue weighted by molar-refractivity contribution is 7.00. The summed E-state index contributed by atoms with van der Waals surface area (Å²) in [5.74, 6) is 0. The monoisotopic (exact) mass is 997 g/mol. The van der Waals surface area contributed by atoms with E-state index >= 15 is 0 Å². The van der Waals surface area contributed by atoms with Gasteiger partial charge >= 0.3 is 0 Å². The second kappa shape index (κ2) is 17.5. The van der Waals surface area contributed by atoms with Crippen molar-refractivity contribution in [1.82, 2.24) is 0 Å². The fraction of sp³-hybridized carbons (Fsp3) is 0.342. The van der Waals surface area contributed by atoms with Crippen molar-refractivity contribution in [2.24, 2.45) is 0 Å². The van der Waals surface area contributed by atoms with Crippen LogP contribution in [0.3, 0.4) is 0 Å². The average molecular weight is 997 g/mol. The van der Waals surface area contributed by atoms with Crippen LogP contribution in [-0.4, -0.2) is 6.71 Å². The van der Waals surface area contributed by atoms with Gasteiger partial charge in [0.25, 0.3) is 6.71 Å². The van der Waals surface area contributed by atoms with Crippen LogP contribution < -0.4 is 26.2 Å². The molecule has 386 valence electrons. The van der Waals surface area contributed by atoms with Gasteiger partial charge in [0.15, 0.2) is 0 Å². The third-order valence-corrected chi connectivity index (χ3v) is 17.5. The van der Waals surface area contributed by atoms with Gasteiger partial charge in [-0.1, -0.05) is 222 Å². The molecule has 0 radical (unpaired) electrons. The Hall–Kier alpha value is -6.58. The van der Waals surface area contributed by atoms with E-state index in [1.165, 1.54) is 127 Å². The summed E-state index contributed by atoms with van der Waals surface area (Å²) in [7, 11) is 0. The van der Waals surface area contributed by atoms with Crippen molar-refractivity contribution in [1.29, 1.82) is 0 Å². The number of hydrogen-bond acceptors (Lipinski definition) is 2. The zero-order valence-electron chi connectivity index (χ0n) is 49.1. The van der Waals surface area contributed by atoms with Gasteiger partial charge in [0.1, 0.15) is 0 Å². The molecule has 2 nitrogen and oxygen atoms in total. The number of nitrogens with zero attached hydrogens (tertiary/aromatic N) is 2. The normalized spacial score (nSPS) is 14.2. The predicted octanol–water partition coefficient (Wildman–Crippen LogP) is 19.1. The van der Waals surface area contributed by atoms with Crippen LogP contribution in [0.25, 0.3) is 43.4 Å². The smallest absolute Gasteiger partial charge is 0.252 e. The molecule has 0 saturated carbocycles. The van der Waals surface area contributed by atoms with E-state index in [0.717, 1.165) is 6.42 Å². The molecule has 0 amide bonds. The quantitative estimate of drug-likeness (QED) is 0.125. The maximum Gasteiger partial charge on any atom is 0.252 e. The van der Waals surface area contributed by atoms with Crippen LogP contribution in [0.2, 0.25) is 0 Å². The van der Waals surface area contributed by atoms with E-state index < -0.39 is 0 Å². The highest BCUT2D eigenvalue weighted by Crippen LogP contribution is 2.51. The summed E-state index contributed by atoms with van der Waals surface area (Å²) in [4.78, 5) is 5.35. The summed E-state index contributed by atoms with van der Waals surface area (Å²) in [5.41, 5.74) is 21.8. The Morgan fingerprint density at radius 1 is 0.342 bits per heavy atom. The summed E-state index contributed by atoms with van der Waals surface area (Å²) < 4.78 is 0. The second-order valence-electron chi connectivity index (χ2n) is 28.4. The lowest BCUT2D eigenvalue weighted by Gasteiger charge is -2.47. The first kappa shape index (κ1) is 51.5. The number of fused-ring (bicyclic) bond motifs is 10. The fourth-order valence-corrected chi connectivity index (χ4v) is 12.4. The number of rotatable bonds is 5. The molecular formula is C73H81BN2. The molecule has 0 aromatic heterocycles. The minimum absolute atomic E-state index is 0.0231. The topological polar surface area (TPSA) is 6.48 Å². The highest BCUT2D eigenvalue weighted by atomic mass is 15.2. The van der Waals surface area contributed by atoms with Crippen molar-refractivity contribution in [2.45, 2.75) is 164 Å². The van der Waals surface area contributed by atoms with Crippen LogP contribution in [0, 0.1) is 0 Å². The van der Waals surface area contributed by atoms with Crippen molar-refractivity contribution in [2.75, 3.05) is 9.80 Å². The van der Waals surface area contributed by atoms with Crippen molar-refractivity contribution < 1.29 is 0 Å². The third kappa shape index (κ3) is 8.47. The third-order valence-electron chi connectivity index (χ3n) is 17.5. The van der Waals surface area contributed by atoms with Gasteiger partial charge in [0.2, 0.25) is 0 Å². The van der Waals surface area contributed by atoms with E-state index in [0.29, 0.717) is 0 Å². The molecule has 76 heavy (non-hydrogen) atoms. The Kier molecular flexibility index (Phi) is 11.8. The first-order valence-electron chi connectivity index (χ1n) is 28.3. The van der Waals surface area contributed by atoms with E-state index in [1.54, 1.807) is 0 Å². The Balaban J connectivity index is 1.28. The molecule has 9 aromatic carbocycles. The van der Waals surface area contributed by atoms with E-state index in [9.17, 15) is 0 Å².